The van der Waals surface area contributed by atoms with Gasteiger partial charge in [-0.25, -0.2) is 0 Å². The van der Waals surface area contributed by atoms with E-state index in [-0.39, 0.29) is 0 Å². The van der Waals surface area contributed by atoms with Crippen molar-refractivity contribution >= 4 is 0 Å². The fourth-order valence-electron chi connectivity index (χ4n) is 2.85. The summed E-state index contributed by atoms with van der Waals surface area (Å²) in [6.45, 7) is 7.23. The molecule has 3 rings (SSSR count). The van der Waals surface area contributed by atoms with Gasteiger partial charge < -0.3 is 9.63 Å². The molecule has 124 valence electrons. The molecule has 0 unspecified atom stereocenters. The van der Waals surface area contributed by atoms with Crippen LogP contribution in [-0.2, 0) is 13.0 Å². The van der Waals surface area contributed by atoms with Gasteiger partial charge in [-0.1, -0.05) is 42.4 Å². The van der Waals surface area contributed by atoms with Crippen molar-refractivity contribution in [3.05, 3.63) is 47.6 Å². The standard InChI is InChI=1S/C17H24N4O2/c1-2-17-18-16(19-23-17)13-21-10-8-20(9-11-21)12-15(22)14-6-4-3-5-7-14/h3-7,15,22H,2,8-13H2,1H3/t15-/m0/s1. The third-order valence-electron chi connectivity index (χ3n) is 4.26. The number of nitrogens with zero attached hydrogens (tertiary/aromatic N) is 4. The second-order valence-electron chi connectivity index (χ2n) is 5.96. The summed E-state index contributed by atoms with van der Waals surface area (Å²) in [4.78, 5) is 8.99. The first kappa shape index (κ1) is 16.1. The quantitative estimate of drug-likeness (QED) is 0.871. The van der Waals surface area contributed by atoms with Crippen molar-refractivity contribution in [3.8, 4) is 0 Å². The molecule has 23 heavy (non-hydrogen) atoms. The number of benzene rings is 1. The van der Waals surface area contributed by atoms with Crippen molar-refractivity contribution in [2.24, 2.45) is 0 Å². The summed E-state index contributed by atoms with van der Waals surface area (Å²) in [5.41, 5.74) is 0.980. The summed E-state index contributed by atoms with van der Waals surface area (Å²) in [7, 11) is 0. The van der Waals surface area contributed by atoms with Crippen molar-refractivity contribution in [2.45, 2.75) is 26.0 Å². The van der Waals surface area contributed by atoms with Crippen molar-refractivity contribution in [3.63, 3.8) is 0 Å². The Balaban J connectivity index is 1.45. The van der Waals surface area contributed by atoms with Crippen LogP contribution in [-0.4, -0.2) is 57.8 Å². The number of hydrogen-bond donors (Lipinski definition) is 1. The molecule has 0 saturated carbocycles. The second-order valence-corrected chi connectivity index (χ2v) is 5.96. The van der Waals surface area contributed by atoms with Crippen LogP contribution in [0.2, 0.25) is 0 Å². The lowest BCUT2D eigenvalue weighted by Gasteiger charge is -2.35. The van der Waals surface area contributed by atoms with Gasteiger partial charge in [-0.05, 0) is 5.56 Å². The Hall–Kier alpha value is -1.76. The highest BCUT2D eigenvalue weighted by atomic mass is 16.5. The summed E-state index contributed by atoms with van der Waals surface area (Å²) in [5, 5.41) is 14.3. The fraction of sp³-hybridized carbons (Fsp3) is 0.529. The highest BCUT2D eigenvalue weighted by Gasteiger charge is 2.21. The maximum atomic E-state index is 10.3. The van der Waals surface area contributed by atoms with Gasteiger partial charge in [0.15, 0.2) is 5.82 Å². The normalized spacial score (nSPS) is 18.2. The van der Waals surface area contributed by atoms with Gasteiger partial charge in [-0.15, -0.1) is 0 Å². The van der Waals surface area contributed by atoms with E-state index in [9.17, 15) is 5.11 Å². The summed E-state index contributed by atoms with van der Waals surface area (Å²) < 4.78 is 5.15. The van der Waals surface area contributed by atoms with E-state index in [4.69, 9.17) is 4.52 Å². The van der Waals surface area contributed by atoms with E-state index in [0.29, 0.717) is 12.4 Å². The molecular formula is C17H24N4O2. The average Bonchev–Trinajstić information content (AvgIpc) is 3.05. The van der Waals surface area contributed by atoms with Gasteiger partial charge in [-0.3, -0.25) is 9.80 Å². The first-order valence-corrected chi connectivity index (χ1v) is 8.23. The van der Waals surface area contributed by atoms with Crippen LogP contribution in [0.25, 0.3) is 0 Å². The third kappa shape index (κ3) is 4.37. The molecule has 1 aromatic carbocycles. The van der Waals surface area contributed by atoms with E-state index < -0.39 is 6.10 Å². The number of piperazine rings is 1. The zero-order valence-corrected chi connectivity index (χ0v) is 13.6. The van der Waals surface area contributed by atoms with Gasteiger partial charge in [0.05, 0.1) is 12.6 Å². The lowest BCUT2D eigenvalue weighted by molar-refractivity contribution is 0.0690. The minimum atomic E-state index is -0.424. The van der Waals surface area contributed by atoms with Gasteiger partial charge in [-0.2, -0.15) is 4.98 Å². The molecule has 6 heteroatoms. The maximum absolute atomic E-state index is 10.3. The van der Waals surface area contributed by atoms with Crippen LogP contribution < -0.4 is 0 Å². The Labute approximate surface area is 136 Å². The summed E-state index contributed by atoms with van der Waals surface area (Å²) in [5.74, 6) is 1.46. The SMILES string of the molecule is CCc1nc(CN2CCN(C[C@H](O)c3ccccc3)CC2)no1. The maximum Gasteiger partial charge on any atom is 0.226 e. The Bertz CT molecular complexity index is 594. The predicted octanol–water partition coefficient (Wildman–Crippen LogP) is 1.48. The molecule has 1 fully saturated rings. The fourth-order valence-corrected chi connectivity index (χ4v) is 2.85. The summed E-state index contributed by atoms with van der Waals surface area (Å²) >= 11 is 0. The van der Waals surface area contributed by atoms with E-state index >= 15 is 0 Å². The number of aliphatic hydroxyl groups is 1. The monoisotopic (exact) mass is 316 g/mol. The van der Waals surface area contributed by atoms with Gasteiger partial charge >= 0.3 is 0 Å². The van der Waals surface area contributed by atoms with Crippen LogP contribution in [0.5, 0.6) is 0 Å². The molecule has 2 heterocycles. The zero-order chi connectivity index (χ0) is 16.1. The average molecular weight is 316 g/mol. The van der Waals surface area contributed by atoms with Gasteiger partial charge in [0.1, 0.15) is 0 Å². The molecule has 1 aromatic heterocycles. The highest BCUT2D eigenvalue weighted by molar-refractivity contribution is 5.17. The number of hydrogen-bond acceptors (Lipinski definition) is 6. The van der Waals surface area contributed by atoms with Crippen LogP contribution in [0.15, 0.2) is 34.9 Å². The Morgan fingerprint density at radius 1 is 1.13 bits per heavy atom. The third-order valence-corrected chi connectivity index (χ3v) is 4.26. The first-order chi connectivity index (χ1) is 11.2. The van der Waals surface area contributed by atoms with E-state index in [1.165, 1.54) is 0 Å². The number of rotatable bonds is 6. The van der Waals surface area contributed by atoms with Gasteiger partial charge in [0.25, 0.3) is 0 Å². The van der Waals surface area contributed by atoms with Crippen LogP contribution in [0.4, 0.5) is 0 Å². The number of β-amino-alcohol motifs (C(OH)–C–C–N with tert-alkyl or cyclic N) is 1. The van der Waals surface area contributed by atoms with E-state index in [0.717, 1.165) is 50.5 Å². The minimum Gasteiger partial charge on any atom is -0.387 e. The molecule has 0 spiro atoms. The van der Waals surface area contributed by atoms with Crippen LogP contribution in [0.1, 0.15) is 30.3 Å². The van der Waals surface area contributed by atoms with Gasteiger partial charge in [0.2, 0.25) is 5.89 Å². The highest BCUT2D eigenvalue weighted by Crippen LogP contribution is 2.15. The Kier molecular flexibility index (Phi) is 5.38. The molecule has 2 aromatic rings. The second kappa shape index (κ2) is 7.68. The zero-order valence-electron chi connectivity index (χ0n) is 13.6. The van der Waals surface area contributed by atoms with E-state index in [1.54, 1.807) is 0 Å². The molecule has 6 nitrogen and oxygen atoms in total. The van der Waals surface area contributed by atoms with E-state index in [1.807, 2.05) is 37.3 Å². The molecule has 0 aliphatic carbocycles. The predicted molar refractivity (Wildman–Crippen MR) is 86.8 cm³/mol. The van der Waals surface area contributed by atoms with Crippen molar-refractivity contribution in [1.82, 2.24) is 19.9 Å². The molecule has 0 bridgehead atoms. The van der Waals surface area contributed by atoms with Crippen LogP contribution in [0, 0.1) is 0 Å². The van der Waals surface area contributed by atoms with Gasteiger partial charge in [0, 0.05) is 39.1 Å². The molecule has 0 radical (unpaired) electrons. The molecule has 1 N–H and O–H groups in total. The van der Waals surface area contributed by atoms with E-state index in [2.05, 4.69) is 19.9 Å². The topological polar surface area (TPSA) is 65.6 Å². The lowest BCUT2D eigenvalue weighted by atomic mass is 10.1. The minimum absolute atomic E-state index is 0.424. The Morgan fingerprint density at radius 3 is 2.48 bits per heavy atom. The van der Waals surface area contributed by atoms with Crippen LogP contribution >= 0.6 is 0 Å². The first-order valence-electron chi connectivity index (χ1n) is 8.23. The van der Waals surface area contributed by atoms with Crippen LogP contribution in [0.3, 0.4) is 0 Å². The molecule has 1 saturated heterocycles. The smallest absolute Gasteiger partial charge is 0.226 e. The van der Waals surface area contributed by atoms with Crippen molar-refractivity contribution in [2.75, 3.05) is 32.7 Å². The lowest BCUT2D eigenvalue weighted by Crippen LogP contribution is -2.47. The Morgan fingerprint density at radius 2 is 1.83 bits per heavy atom. The number of aliphatic hydroxyl groups excluding tert-OH is 1. The number of aromatic nitrogens is 2. The molecule has 1 atom stereocenters. The molecule has 0 amide bonds. The summed E-state index contributed by atoms with van der Waals surface area (Å²) in [6.07, 6.45) is 0.352. The molecule has 1 aliphatic rings. The van der Waals surface area contributed by atoms with Crippen molar-refractivity contribution < 1.29 is 9.63 Å². The number of aryl methyl sites for hydroxylation is 1. The molecule has 1 aliphatic heterocycles. The molecular weight excluding hydrogens is 292 g/mol. The largest absolute Gasteiger partial charge is 0.387 e. The van der Waals surface area contributed by atoms with Crippen molar-refractivity contribution in [1.29, 1.82) is 0 Å². The summed E-state index contributed by atoms with van der Waals surface area (Å²) in [6, 6.07) is 9.85.